The molecule has 0 aliphatic carbocycles. The third-order valence-corrected chi connectivity index (χ3v) is 3.07. The standard InChI is InChI=1S/C17H9ClN2O/c18-16-7-5-14(6-8-16)17(21)15(11-20)9-12-1-3-13(10-19)4-2-12/h1-9H/b15-9+. The highest BCUT2D eigenvalue weighted by molar-refractivity contribution is 6.30. The molecule has 0 saturated carbocycles. The van der Waals surface area contributed by atoms with E-state index in [1.165, 1.54) is 6.08 Å². The highest BCUT2D eigenvalue weighted by atomic mass is 35.5. The number of carbonyl (C=O) groups excluding carboxylic acids is 1. The zero-order chi connectivity index (χ0) is 15.2. The summed E-state index contributed by atoms with van der Waals surface area (Å²) in [7, 11) is 0. The minimum absolute atomic E-state index is 0.0297. The maximum Gasteiger partial charge on any atom is 0.203 e. The Bertz CT molecular complexity index is 776. The van der Waals surface area contributed by atoms with Crippen molar-refractivity contribution in [3.63, 3.8) is 0 Å². The summed E-state index contributed by atoms with van der Waals surface area (Å²) >= 11 is 5.77. The van der Waals surface area contributed by atoms with Crippen molar-refractivity contribution in [2.24, 2.45) is 0 Å². The Balaban J connectivity index is 2.32. The molecule has 0 amide bonds. The Labute approximate surface area is 127 Å². The minimum atomic E-state index is -0.362. The quantitative estimate of drug-likeness (QED) is 0.488. The molecule has 0 aromatic heterocycles. The number of benzene rings is 2. The molecule has 0 atom stereocenters. The summed E-state index contributed by atoms with van der Waals surface area (Å²) in [4.78, 5) is 12.2. The van der Waals surface area contributed by atoms with E-state index in [1.54, 1.807) is 48.5 Å². The molecular formula is C17H9ClN2O. The number of allylic oxidation sites excluding steroid dienone is 1. The molecule has 4 heteroatoms. The normalized spacial score (nSPS) is 10.5. The van der Waals surface area contributed by atoms with Crippen LogP contribution in [0.3, 0.4) is 0 Å². The van der Waals surface area contributed by atoms with Gasteiger partial charge in [0, 0.05) is 10.6 Å². The third kappa shape index (κ3) is 3.57. The van der Waals surface area contributed by atoms with Crippen LogP contribution in [0.15, 0.2) is 54.1 Å². The number of carbonyl (C=O) groups is 1. The Morgan fingerprint density at radius 3 is 2.14 bits per heavy atom. The van der Waals surface area contributed by atoms with Gasteiger partial charge < -0.3 is 0 Å². The Morgan fingerprint density at radius 1 is 1.00 bits per heavy atom. The summed E-state index contributed by atoms with van der Waals surface area (Å²) in [5.74, 6) is -0.362. The van der Waals surface area contributed by atoms with E-state index in [0.29, 0.717) is 21.7 Å². The molecular weight excluding hydrogens is 284 g/mol. The summed E-state index contributed by atoms with van der Waals surface area (Å²) in [6.07, 6.45) is 1.50. The fourth-order valence-electron chi connectivity index (χ4n) is 1.73. The fourth-order valence-corrected chi connectivity index (χ4v) is 1.85. The molecule has 0 spiro atoms. The van der Waals surface area contributed by atoms with Crippen LogP contribution in [0.5, 0.6) is 0 Å². The van der Waals surface area contributed by atoms with Crippen LogP contribution in [-0.2, 0) is 0 Å². The van der Waals surface area contributed by atoms with Crippen LogP contribution in [0.1, 0.15) is 21.5 Å². The van der Waals surface area contributed by atoms with Crippen LogP contribution in [-0.4, -0.2) is 5.78 Å². The van der Waals surface area contributed by atoms with Crippen LogP contribution in [0, 0.1) is 22.7 Å². The van der Waals surface area contributed by atoms with Crippen LogP contribution in [0.2, 0.25) is 5.02 Å². The van der Waals surface area contributed by atoms with Gasteiger partial charge in [-0.25, -0.2) is 0 Å². The molecule has 2 aromatic carbocycles. The SMILES string of the molecule is N#C/C(=C\c1ccc(C#N)cc1)C(=O)c1ccc(Cl)cc1. The number of halogens is 1. The highest BCUT2D eigenvalue weighted by Gasteiger charge is 2.11. The fraction of sp³-hybridized carbons (Fsp3) is 0. The Kier molecular flexibility index (Phi) is 4.51. The largest absolute Gasteiger partial charge is 0.288 e. The van der Waals surface area contributed by atoms with Gasteiger partial charge >= 0.3 is 0 Å². The third-order valence-electron chi connectivity index (χ3n) is 2.82. The van der Waals surface area contributed by atoms with E-state index in [9.17, 15) is 4.79 Å². The topological polar surface area (TPSA) is 64.7 Å². The zero-order valence-electron chi connectivity index (χ0n) is 10.9. The van der Waals surface area contributed by atoms with Crippen LogP contribution >= 0.6 is 11.6 Å². The predicted molar refractivity (Wildman–Crippen MR) is 80.5 cm³/mol. The van der Waals surface area contributed by atoms with Crippen LogP contribution < -0.4 is 0 Å². The number of nitriles is 2. The lowest BCUT2D eigenvalue weighted by molar-refractivity contribution is 0.104. The van der Waals surface area contributed by atoms with Crippen molar-refractivity contribution in [1.29, 1.82) is 10.5 Å². The van der Waals surface area contributed by atoms with Crippen molar-refractivity contribution >= 4 is 23.5 Å². The van der Waals surface area contributed by atoms with E-state index in [0.717, 1.165) is 0 Å². The van der Waals surface area contributed by atoms with Gasteiger partial charge in [0.25, 0.3) is 0 Å². The summed E-state index contributed by atoms with van der Waals surface area (Å²) < 4.78 is 0. The highest BCUT2D eigenvalue weighted by Crippen LogP contribution is 2.15. The van der Waals surface area contributed by atoms with E-state index < -0.39 is 0 Å². The lowest BCUT2D eigenvalue weighted by Crippen LogP contribution is -2.01. The maximum atomic E-state index is 12.2. The summed E-state index contributed by atoms with van der Waals surface area (Å²) in [5, 5.41) is 18.4. The molecule has 0 aliphatic rings. The van der Waals surface area contributed by atoms with Gasteiger partial charge in [0.05, 0.1) is 11.6 Å². The Morgan fingerprint density at radius 2 is 1.62 bits per heavy atom. The number of hydrogen-bond acceptors (Lipinski definition) is 3. The maximum absolute atomic E-state index is 12.2. The molecule has 2 rings (SSSR count). The molecule has 0 unspecified atom stereocenters. The minimum Gasteiger partial charge on any atom is -0.288 e. The molecule has 0 fully saturated rings. The lowest BCUT2D eigenvalue weighted by Gasteiger charge is -2.00. The van der Waals surface area contributed by atoms with Crippen molar-refractivity contribution in [3.05, 3.63) is 75.8 Å². The van der Waals surface area contributed by atoms with Crippen molar-refractivity contribution < 1.29 is 4.79 Å². The van der Waals surface area contributed by atoms with E-state index in [-0.39, 0.29) is 11.4 Å². The first-order valence-corrected chi connectivity index (χ1v) is 6.44. The zero-order valence-corrected chi connectivity index (χ0v) is 11.6. The van der Waals surface area contributed by atoms with E-state index in [4.69, 9.17) is 22.1 Å². The number of nitrogens with zero attached hydrogens (tertiary/aromatic N) is 2. The molecule has 100 valence electrons. The van der Waals surface area contributed by atoms with Crippen molar-refractivity contribution in [2.45, 2.75) is 0 Å². The van der Waals surface area contributed by atoms with Gasteiger partial charge in [0.1, 0.15) is 11.6 Å². The van der Waals surface area contributed by atoms with Crippen molar-refractivity contribution in [1.82, 2.24) is 0 Å². The van der Waals surface area contributed by atoms with Crippen molar-refractivity contribution in [3.8, 4) is 12.1 Å². The first-order chi connectivity index (χ1) is 10.1. The van der Waals surface area contributed by atoms with Crippen LogP contribution in [0.25, 0.3) is 6.08 Å². The average Bonchev–Trinajstić information content (AvgIpc) is 2.53. The van der Waals surface area contributed by atoms with Gasteiger partial charge in [0.2, 0.25) is 5.78 Å². The van der Waals surface area contributed by atoms with E-state index in [2.05, 4.69) is 0 Å². The molecule has 0 N–H and O–H groups in total. The molecule has 3 nitrogen and oxygen atoms in total. The molecule has 0 saturated heterocycles. The molecule has 0 radical (unpaired) electrons. The van der Waals surface area contributed by atoms with Gasteiger partial charge in [-0.15, -0.1) is 0 Å². The summed E-state index contributed by atoms with van der Waals surface area (Å²) in [6, 6.07) is 16.9. The molecule has 0 bridgehead atoms. The molecule has 0 aliphatic heterocycles. The summed E-state index contributed by atoms with van der Waals surface area (Å²) in [6.45, 7) is 0. The average molecular weight is 293 g/mol. The van der Waals surface area contributed by atoms with Gasteiger partial charge in [-0.05, 0) is 48.0 Å². The molecule has 2 aromatic rings. The van der Waals surface area contributed by atoms with Crippen molar-refractivity contribution in [2.75, 3.05) is 0 Å². The van der Waals surface area contributed by atoms with Gasteiger partial charge in [-0.2, -0.15) is 10.5 Å². The van der Waals surface area contributed by atoms with E-state index >= 15 is 0 Å². The second-order valence-corrected chi connectivity index (χ2v) is 4.68. The first kappa shape index (κ1) is 14.5. The number of Topliss-reactive ketones (excluding diaryl/α,β-unsaturated/α-hetero) is 1. The van der Waals surface area contributed by atoms with Gasteiger partial charge in [0.15, 0.2) is 0 Å². The van der Waals surface area contributed by atoms with Gasteiger partial charge in [-0.1, -0.05) is 23.7 Å². The lowest BCUT2D eigenvalue weighted by atomic mass is 10.0. The smallest absolute Gasteiger partial charge is 0.203 e. The molecule has 21 heavy (non-hydrogen) atoms. The molecule has 0 heterocycles. The number of ketones is 1. The summed E-state index contributed by atoms with van der Waals surface area (Å²) in [5.41, 5.74) is 1.64. The van der Waals surface area contributed by atoms with Gasteiger partial charge in [-0.3, -0.25) is 4.79 Å². The van der Waals surface area contributed by atoms with Crippen LogP contribution in [0.4, 0.5) is 0 Å². The second kappa shape index (κ2) is 6.52. The monoisotopic (exact) mass is 292 g/mol. The first-order valence-electron chi connectivity index (χ1n) is 6.06. The Hall–Kier alpha value is -2.88. The number of hydrogen-bond donors (Lipinski definition) is 0. The number of rotatable bonds is 3. The predicted octanol–water partition coefficient (Wildman–Crippen LogP) is 4.00. The van der Waals surface area contributed by atoms with E-state index in [1.807, 2.05) is 12.1 Å². The second-order valence-electron chi connectivity index (χ2n) is 4.24.